The van der Waals surface area contributed by atoms with Crippen molar-refractivity contribution < 1.29 is 14.3 Å². The number of rotatable bonds is 8. The van der Waals surface area contributed by atoms with Gasteiger partial charge in [-0.15, -0.1) is 18.3 Å². The van der Waals surface area contributed by atoms with Crippen LogP contribution in [0.1, 0.15) is 20.8 Å². The lowest BCUT2D eigenvalue weighted by atomic mass is 10.4. The van der Waals surface area contributed by atoms with Gasteiger partial charge in [0, 0.05) is 6.54 Å². The molecule has 17 heavy (non-hydrogen) atoms. The predicted molar refractivity (Wildman–Crippen MR) is 71.0 cm³/mol. The average Bonchev–Trinajstić information content (AvgIpc) is 2.25. The fourth-order valence-corrected chi connectivity index (χ4v) is 1.76. The fraction of sp³-hybridized carbons (Fsp3) is 0.667. The molecular formula is C12H21NO3S. The van der Waals surface area contributed by atoms with E-state index in [1.54, 1.807) is 24.8 Å². The van der Waals surface area contributed by atoms with Gasteiger partial charge in [0.25, 0.3) is 0 Å². The van der Waals surface area contributed by atoms with Crippen LogP contribution in [0.2, 0.25) is 0 Å². The van der Waals surface area contributed by atoms with Gasteiger partial charge in [-0.05, 0) is 12.2 Å². The van der Waals surface area contributed by atoms with Crippen molar-refractivity contribution in [2.24, 2.45) is 0 Å². The molecule has 0 bridgehead atoms. The molecule has 0 unspecified atom stereocenters. The van der Waals surface area contributed by atoms with E-state index in [2.05, 4.69) is 6.58 Å². The van der Waals surface area contributed by atoms with Gasteiger partial charge in [-0.25, -0.2) is 0 Å². The van der Waals surface area contributed by atoms with Crippen LogP contribution in [-0.2, 0) is 14.3 Å². The normalized spacial score (nSPS) is 10.1. The summed E-state index contributed by atoms with van der Waals surface area (Å²) in [4.78, 5) is 24.6. The van der Waals surface area contributed by atoms with Crippen LogP contribution in [0, 0.1) is 0 Å². The van der Waals surface area contributed by atoms with Crippen molar-refractivity contribution in [1.82, 2.24) is 4.90 Å². The number of hydrogen-bond donors (Lipinski definition) is 0. The lowest BCUT2D eigenvalue weighted by Gasteiger charge is -2.20. The van der Waals surface area contributed by atoms with Gasteiger partial charge in [-0.1, -0.05) is 19.9 Å². The zero-order valence-corrected chi connectivity index (χ0v) is 11.6. The van der Waals surface area contributed by atoms with Crippen molar-refractivity contribution in [2.75, 3.05) is 25.4 Å². The second-order valence-electron chi connectivity index (χ2n) is 3.73. The van der Waals surface area contributed by atoms with Gasteiger partial charge in [0.2, 0.25) is 5.91 Å². The van der Waals surface area contributed by atoms with Crippen molar-refractivity contribution >= 4 is 23.6 Å². The smallest absolute Gasteiger partial charge is 0.325 e. The van der Waals surface area contributed by atoms with Gasteiger partial charge in [-0.2, -0.15) is 0 Å². The number of thioether (sulfide) groups is 1. The van der Waals surface area contributed by atoms with Crippen LogP contribution in [0.3, 0.4) is 0 Å². The molecular weight excluding hydrogens is 238 g/mol. The number of ether oxygens (including phenoxy) is 1. The largest absolute Gasteiger partial charge is 0.465 e. The number of carbonyl (C=O) groups is 2. The summed E-state index contributed by atoms with van der Waals surface area (Å²) < 4.78 is 4.82. The van der Waals surface area contributed by atoms with E-state index in [4.69, 9.17) is 4.74 Å². The van der Waals surface area contributed by atoms with Crippen molar-refractivity contribution in [3.05, 3.63) is 12.7 Å². The summed E-state index contributed by atoms with van der Waals surface area (Å²) in [7, 11) is 0. The van der Waals surface area contributed by atoms with E-state index in [1.807, 2.05) is 13.8 Å². The standard InChI is InChI=1S/C12H21NO3S/c1-5-7-13(8-12(15)16-6-2)11(14)9-17-10(3)4/h5,10H,1,6-9H2,2-4H3. The minimum Gasteiger partial charge on any atom is -0.465 e. The fourth-order valence-electron chi connectivity index (χ4n) is 1.10. The van der Waals surface area contributed by atoms with Crippen molar-refractivity contribution in [1.29, 1.82) is 0 Å². The molecule has 0 heterocycles. The topological polar surface area (TPSA) is 46.6 Å². The highest BCUT2D eigenvalue weighted by molar-refractivity contribution is 8.00. The van der Waals surface area contributed by atoms with Gasteiger partial charge >= 0.3 is 5.97 Å². The van der Waals surface area contributed by atoms with E-state index < -0.39 is 0 Å². The van der Waals surface area contributed by atoms with E-state index in [1.165, 1.54) is 4.90 Å². The molecule has 0 fully saturated rings. The first-order valence-corrected chi connectivity index (χ1v) is 6.72. The van der Waals surface area contributed by atoms with Crippen LogP contribution in [0.4, 0.5) is 0 Å². The highest BCUT2D eigenvalue weighted by atomic mass is 32.2. The van der Waals surface area contributed by atoms with Crippen molar-refractivity contribution in [3.63, 3.8) is 0 Å². The van der Waals surface area contributed by atoms with Gasteiger partial charge in [0.15, 0.2) is 0 Å². The van der Waals surface area contributed by atoms with Gasteiger partial charge < -0.3 is 9.64 Å². The molecule has 98 valence electrons. The third-order valence-electron chi connectivity index (χ3n) is 1.87. The molecule has 0 aromatic heterocycles. The lowest BCUT2D eigenvalue weighted by Crippen LogP contribution is -2.37. The van der Waals surface area contributed by atoms with Gasteiger partial charge in [0.05, 0.1) is 12.4 Å². The molecule has 0 radical (unpaired) electrons. The maximum Gasteiger partial charge on any atom is 0.325 e. The maximum atomic E-state index is 11.8. The molecule has 0 aliphatic heterocycles. The van der Waals surface area contributed by atoms with Crippen LogP contribution in [0.5, 0.6) is 0 Å². The molecule has 0 spiro atoms. The Kier molecular flexibility index (Phi) is 8.58. The number of amides is 1. The molecule has 0 rings (SSSR count). The Morgan fingerprint density at radius 1 is 1.47 bits per heavy atom. The number of hydrogen-bond acceptors (Lipinski definition) is 4. The lowest BCUT2D eigenvalue weighted by molar-refractivity contribution is -0.147. The summed E-state index contributed by atoms with van der Waals surface area (Å²) in [6.45, 7) is 10.1. The van der Waals surface area contributed by atoms with Crippen LogP contribution >= 0.6 is 11.8 Å². The molecule has 4 nitrogen and oxygen atoms in total. The third-order valence-corrected chi connectivity index (χ3v) is 2.95. The summed E-state index contributed by atoms with van der Waals surface area (Å²) in [5.41, 5.74) is 0. The Morgan fingerprint density at radius 3 is 2.59 bits per heavy atom. The second-order valence-corrected chi connectivity index (χ2v) is 5.29. The Morgan fingerprint density at radius 2 is 2.12 bits per heavy atom. The first-order chi connectivity index (χ1) is 8.01. The van der Waals surface area contributed by atoms with Gasteiger partial charge in [-0.3, -0.25) is 9.59 Å². The van der Waals surface area contributed by atoms with Crippen molar-refractivity contribution in [3.8, 4) is 0 Å². The SMILES string of the molecule is C=CCN(CC(=O)OCC)C(=O)CSC(C)C. The molecule has 0 saturated carbocycles. The van der Waals surface area contributed by atoms with Gasteiger partial charge in [0.1, 0.15) is 6.54 Å². The molecule has 0 saturated heterocycles. The van der Waals surface area contributed by atoms with E-state index in [0.717, 1.165) is 0 Å². The number of esters is 1. The second kappa shape index (κ2) is 9.10. The highest BCUT2D eigenvalue weighted by Crippen LogP contribution is 2.10. The number of nitrogens with zero attached hydrogens (tertiary/aromatic N) is 1. The predicted octanol–water partition coefficient (Wildman–Crippen LogP) is 1.71. The quantitative estimate of drug-likeness (QED) is 0.492. The van der Waals surface area contributed by atoms with Crippen LogP contribution in [0.15, 0.2) is 12.7 Å². The van der Waals surface area contributed by atoms with Crippen LogP contribution in [0.25, 0.3) is 0 Å². The first kappa shape index (κ1) is 16.0. The molecule has 0 aliphatic carbocycles. The zero-order chi connectivity index (χ0) is 13.3. The van der Waals surface area contributed by atoms with E-state index in [-0.39, 0.29) is 18.4 Å². The summed E-state index contributed by atoms with van der Waals surface area (Å²) in [6, 6.07) is 0. The van der Waals surface area contributed by atoms with E-state index >= 15 is 0 Å². The Balaban J connectivity index is 4.24. The number of carbonyl (C=O) groups excluding carboxylic acids is 2. The first-order valence-electron chi connectivity index (χ1n) is 5.67. The molecule has 5 heteroatoms. The highest BCUT2D eigenvalue weighted by Gasteiger charge is 2.16. The van der Waals surface area contributed by atoms with Crippen LogP contribution < -0.4 is 0 Å². The molecule has 0 aromatic carbocycles. The molecule has 0 atom stereocenters. The van der Waals surface area contributed by atoms with Crippen LogP contribution in [-0.4, -0.2) is 47.5 Å². The summed E-state index contributed by atoms with van der Waals surface area (Å²) >= 11 is 1.56. The third kappa shape index (κ3) is 7.85. The Hall–Kier alpha value is -0.970. The summed E-state index contributed by atoms with van der Waals surface area (Å²) in [5, 5.41) is 0.395. The zero-order valence-electron chi connectivity index (χ0n) is 10.8. The summed E-state index contributed by atoms with van der Waals surface area (Å²) in [6.07, 6.45) is 1.61. The molecule has 0 aromatic rings. The van der Waals surface area contributed by atoms with E-state index in [9.17, 15) is 9.59 Å². The van der Waals surface area contributed by atoms with E-state index in [0.29, 0.717) is 24.2 Å². The summed E-state index contributed by atoms with van der Waals surface area (Å²) in [5.74, 6) is -0.0563. The minimum absolute atomic E-state index is 0.00263. The minimum atomic E-state index is -0.378. The Labute approximate surface area is 107 Å². The monoisotopic (exact) mass is 259 g/mol. The molecule has 0 N–H and O–H groups in total. The van der Waals surface area contributed by atoms with Crippen molar-refractivity contribution in [2.45, 2.75) is 26.0 Å². The molecule has 0 aliphatic rings. The Bertz CT molecular complexity index is 266. The maximum absolute atomic E-state index is 11.8. The average molecular weight is 259 g/mol. The molecule has 1 amide bonds.